The topological polar surface area (TPSA) is 88.1 Å². The van der Waals surface area contributed by atoms with Crippen LogP contribution in [-0.2, 0) is 39.8 Å². The molecule has 7 nitrogen and oxygen atoms in total. The third-order valence-electron chi connectivity index (χ3n) is 16.9. The zero-order valence-electron chi connectivity index (χ0n) is 50.2. The van der Waals surface area contributed by atoms with Gasteiger partial charge in [-0.1, -0.05) is 112 Å². The van der Waals surface area contributed by atoms with Crippen molar-refractivity contribution < 1.29 is 33.3 Å². The maximum Gasteiger partial charge on any atom is 0.312 e. The fourth-order valence-corrected chi connectivity index (χ4v) is 16.2. The fraction of sp³-hybridized carbons (Fsp3) is 0.356. The van der Waals surface area contributed by atoms with Crippen LogP contribution in [0.5, 0.6) is 0 Å². The van der Waals surface area contributed by atoms with Gasteiger partial charge in [0.05, 0.1) is 28.5 Å². The van der Waals surface area contributed by atoms with E-state index in [4.69, 9.17) is 18.9 Å². The highest BCUT2D eigenvalue weighted by Crippen LogP contribution is 2.50. The average molecular weight is 1190 g/mol. The molecular formula is C73H74O7S4. The minimum Gasteiger partial charge on any atom is -0.457 e. The summed E-state index contributed by atoms with van der Waals surface area (Å²) in [5.41, 5.74) is 7.42. The number of rotatable bonds is 12. The van der Waals surface area contributed by atoms with E-state index >= 15 is 0 Å². The first kappa shape index (κ1) is 57.9. The van der Waals surface area contributed by atoms with Gasteiger partial charge >= 0.3 is 17.9 Å². The average Bonchev–Trinajstić information content (AvgIpc) is 2.39. The monoisotopic (exact) mass is 1190 g/mol. The Morgan fingerprint density at radius 1 is 0.417 bits per heavy atom. The smallest absolute Gasteiger partial charge is 0.312 e. The van der Waals surface area contributed by atoms with Crippen LogP contribution in [0.25, 0.3) is 82.1 Å². The van der Waals surface area contributed by atoms with Gasteiger partial charge in [0.25, 0.3) is 0 Å². The first-order chi connectivity index (χ1) is 39.8. The summed E-state index contributed by atoms with van der Waals surface area (Å²) in [6.07, 6.45) is 1.66. The lowest BCUT2D eigenvalue weighted by Crippen LogP contribution is -2.33. The summed E-state index contributed by atoms with van der Waals surface area (Å²) >= 11 is 7.20. The van der Waals surface area contributed by atoms with Crippen LogP contribution < -0.4 is 0 Å². The van der Waals surface area contributed by atoms with Crippen molar-refractivity contribution in [2.75, 3.05) is 0 Å². The second kappa shape index (κ2) is 22.1. The first-order valence-corrected chi connectivity index (χ1v) is 32.7. The zero-order chi connectivity index (χ0) is 59.2. The molecule has 84 heavy (non-hydrogen) atoms. The first-order valence-electron chi connectivity index (χ1n) is 29.5. The van der Waals surface area contributed by atoms with Crippen molar-refractivity contribution in [2.45, 2.75) is 146 Å². The molecule has 2 aliphatic carbocycles. The summed E-state index contributed by atoms with van der Waals surface area (Å²) in [4.78, 5) is 45.6. The number of benzene rings is 6. The molecule has 0 saturated carbocycles. The van der Waals surface area contributed by atoms with Gasteiger partial charge in [0.1, 0.15) is 18.3 Å². The molecule has 11 heteroatoms. The number of carbonyl (C=O) groups is 3. The second-order valence-corrected chi connectivity index (χ2v) is 31.4. The number of hydrogen-bond donors (Lipinski definition) is 0. The molecular weight excluding hydrogens is 1120 g/mol. The van der Waals surface area contributed by atoms with E-state index in [9.17, 15) is 14.4 Å². The number of thiophene rings is 4. The number of fused-ring (bicyclic) bond motifs is 6. The molecule has 0 aliphatic heterocycles. The summed E-state index contributed by atoms with van der Waals surface area (Å²) in [6.45, 7) is 24.0. The van der Waals surface area contributed by atoms with E-state index in [-0.39, 0.29) is 35.5 Å². The quantitative estimate of drug-likeness (QED) is 0.0889. The van der Waals surface area contributed by atoms with E-state index in [2.05, 4.69) is 161 Å². The molecule has 0 radical (unpaired) electrons. The highest BCUT2D eigenvalue weighted by Gasteiger charge is 2.39. The van der Waals surface area contributed by atoms with Crippen LogP contribution in [0.15, 0.2) is 140 Å². The lowest BCUT2D eigenvalue weighted by Gasteiger charge is -2.37. The molecule has 5 unspecified atom stereocenters. The maximum absolute atomic E-state index is 14.5. The molecule has 6 aromatic carbocycles. The lowest BCUT2D eigenvalue weighted by molar-refractivity contribution is -0.165. The Hall–Kier alpha value is -6.47. The molecule has 12 rings (SSSR count). The summed E-state index contributed by atoms with van der Waals surface area (Å²) in [5, 5.41) is 4.84. The number of ether oxygens (including phenoxy) is 4. The van der Waals surface area contributed by atoms with E-state index in [1.54, 1.807) is 22.7 Å². The minimum atomic E-state index is -0.777. The van der Waals surface area contributed by atoms with Crippen LogP contribution in [0.3, 0.4) is 0 Å². The molecule has 2 aliphatic rings. The van der Waals surface area contributed by atoms with Crippen LogP contribution in [0.1, 0.15) is 161 Å². The van der Waals surface area contributed by atoms with Crippen molar-refractivity contribution in [1.29, 1.82) is 0 Å². The molecule has 0 saturated heterocycles. The fourth-order valence-electron chi connectivity index (χ4n) is 11.4. The standard InChI is InChI=1S/C73H74O7S4/c1-41(70(2,3)4)77-57-29-27-56(80-69(76)73(11,12)40-42-17-18-46-33-48(22-20-45(46)31-42)60-37-64-63(82-60)36-59(81-64)47-21-19-43-15-13-14-16-44(43)32-47)51-25-23-49(34-53(51)57)61-38-65-66(83-61)39-62(84-65)50-24-26-52-54(35-50)58(79-68(75)72(8,9)10)30-28-55(52)78-67(74)71(5,6)7/h13-26,31-39,41,55-58H,27-30,40H2,1-12H3. The molecule has 10 aromatic rings. The molecule has 0 bridgehead atoms. The van der Waals surface area contributed by atoms with Gasteiger partial charge in [-0.25, -0.2) is 0 Å². The molecule has 4 heterocycles. The van der Waals surface area contributed by atoms with Crippen molar-refractivity contribution in [3.63, 3.8) is 0 Å². The summed E-state index contributed by atoms with van der Waals surface area (Å²) in [5.74, 6) is -0.718. The Bertz CT molecular complexity index is 4120. The summed E-state index contributed by atoms with van der Waals surface area (Å²) in [7, 11) is 0. The predicted molar refractivity (Wildman–Crippen MR) is 350 cm³/mol. The van der Waals surface area contributed by atoms with Gasteiger partial charge in [0, 0.05) is 38.3 Å². The van der Waals surface area contributed by atoms with Gasteiger partial charge < -0.3 is 18.9 Å². The SMILES string of the molecule is CC(OC1CCC(OC(=O)C(C)(C)Cc2ccc3cc(-c4cc5sc(-c6ccc7ccccc7c6)cc5s4)ccc3c2)c2ccc(-c3cc4sc(-c5ccc6c(c5)C(OC(=O)C(C)(C)C)CCC6OC(=O)C(C)(C)C)cc4s3)cc21)C(C)(C)C. The Labute approximate surface area is 510 Å². The van der Waals surface area contributed by atoms with Crippen molar-refractivity contribution in [3.8, 4) is 41.8 Å². The second-order valence-electron chi connectivity index (χ2n) is 27.1. The normalized spacial score (nSPS) is 18.0. The Kier molecular flexibility index (Phi) is 15.2. The van der Waals surface area contributed by atoms with Crippen LogP contribution in [0, 0.1) is 21.7 Å². The largest absolute Gasteiger partial charge is 0.457 e. The number of esters is 3. The number of carbonyl (C=O) groups excluding carboxylic acids is 3. The Morgan fingerprint density at radius 2 is 0.786 bits per heavy atom. The number of hydrogen-bond acceptors (Lipinski definition) is 11. The van der Waals surface area contributed by atoms with E-state index < -0.39 is 34.6 Å². The van der Waals surface area contributed by atoms with Gasteiger partial charge in [-0.3, -0.25) is 14.4 Å². The van der Waals surface area contributed by atoms with Crippen molar-refractivity contribution in [2.24, 2.45) is 21.7 Å². The molecule has 0 amide bonds. The van der Waals surface area contributed by atoms with Gasteiger partial charge in [0.2, 0.25) is 0 Å². The van der Waals surface area contributed by atoms with Crippen molar-refractivity contribution in [1.82, 2.24) is 0 Å². The molecule has 4 aromatic heterocycles. The van der Waals surface area contributed by atoms with Gasteiger partial charge in [-0.05, 0) is 220 Å². The van der Waals surface area contributed by atoms with Crippen LogP contribution >= 0.6 is 45.3 Å². The third-order valence-corrected chi connectivity index (χ3v) is 21.7. The van der Waals surface area contributed by atoms with Gasteiger partial charge in [0.15, 0.2) is 0 Å². The zero-order valence-corrected chi connectivity index (χ0v) is 53.5. The van der Waals surface area contributed by atoms with Crippen LogP contribution in [-0.4, -0.2) is 24.0 Å². The highest BCUT2D eigenvalue weighted by atomic mass is 32.1. The van der Waals surface area contributed by atoms with Crippen LogP contribution in [0.4, 0.5) is 0 Å². The Morgan fingerprint density at radius 3 is 1.26 bits per heavy atom. The van der Waals surface area contributed by atoms with E-state index in [0.717, 1.165) is 60.5 Å². The summed E-state index contributed by atoms with van der Waals surface area (Å²) < 4.78 is 30.8. The van der Waals surface area contributed by atoms with Crippen molar-refractivity contribution >= 4 is 104 Å². The molecule has 5 atom stereocenters. The van der Waals surface area contributed by atoms with E-state index in [0.29, 0.717) is 25.7 Å². The Balaban J connectivity index is 0.756. The molecule has 0 spiro atoms. The van der Waals surface area contributed by atoms with Gasteiger partial charge in [-0.2, -0.15) is 0 Å². The van der Waals surface area contributed by atoms with E-state index in [1.165, 1.54) is 55.8 Å². The molecule has 0 N–H and O–H groups in total. The minimum absolute atomic E-state index is 0.00609. The predicted octanol–water partition coefficient (Wildman–Crippen LogP) is 21.4. The van der Waals surface area contributed by atoms with Crippen molar-refractivity contribution in [3.05, 3.63) is 167 Å². The molecule has 0 fully saturated rings. The maximum atomic E-state index is 14.5. The van der Waals surface area contributed by atoms with Crippen LogP contribution in [0.2, 0.25) is 0 Å². The third kappa shape index (κ3) is 11.8. The van der Waals surface area contributed by atoms with Gasteiger partial charge in [-0.15, -0.1) is 45.3 Å². The molecule has 432 valence electrons. The highest BCUT2D eigenvalue weighted by molar-refractivity contribution is 7.31. The lowest BCUT2D eigenvalue weighted by atomic mass is 9.83. The van der Waals surface area contributed by atoms with E-state index in [1.807, 2.05) is 84.1 Å². The summed E-state index contributed by atoms with van der Waals surface area (Å²) in [6, 6.07) is 50.7.